The van der Waals surface area contributed by atoms with E-state index in [1.165, 1.54) is 12.8 Å². The van der Waals surface area contributed by atoms with Crippen molar-refractivity contribution in [1.29, 1.82) is 0 Å². The second-order valence-electron chi connectivity index (χ2n) is 4.95. The highest BCUT2D eigenvalue weighted by Crippen LogP contribution is 2.42. The third kappa shape index (κ3) is 1.15. The van der Waals surface area contributed by atoms with Crippen molar-refractivity contribution in [2.24, 2.45) is 10.7 Å². The average molecular weight is 242 g/mol. The maximum atomic E-state index is 5.93. The molecular formula is C12H14N6. The van der Waals surface area contributed by atoms with Crippen molar-refractivity contribution in [1.82, 2.24) is 14.8 Å². The van der Waals surface area contributed by atoms with E-state index in [-0.39, 0.29) is 5.66 Å². The van der Waals surface area contributed by atoms with Crippen molar-refractivity contribution in [3.63, 3.8) is 0 Å². The van der Waals surface area contributed by atoms with Crippen LogP contribution in [0.25, 0.3) is 11.0 Å². The molecule has 0 atom stereocenters. The number of rotatable bonds is 0. The van der Waals surface area contributed by atoms with Crippen molar-refractivity contribution in [2.75, 3.05) is 5.32 Å². The quantitative estimate of drug-likeness (QED) is 0.731. The van der Waals surface area contributed by atoms with Crippen LogP contribution in [0.3, 0.4) is 0 Å². The average Bonchev–Trinajstić information content (AvgIpc) is 2.95. The first-order valence-electron chi connectivity index (χ1n) is 6.25. The number of nitrogens with two attached hydrogens (primary N) is 1. The first-order valence-corrected chi connectivity index (χ1v) is 6.25. The van der Waals surface area contributed by atoms with Gasteiger partial charge < -0.3 is 11.1 Å². The van der Waals surface area contributed by atoms with Gasteiger partial charge in [0.15, 0.2) is 17.3 Å². The van der Waals surface area contributed by atoms with Crippen molar-refractivity contribution in [2.45, 2.75) is 31.3 Å². The molecule has 1 fully saturated rings. The van der Waals surface area contributed by atoms with Gasteiger partial charge in [-0.25, -0.2) is 14.7 Å². The molecule has 0 aromatic carbocycles. The summed E-state index contributed by atoms with van der Waals surface area (Å²) in [5, 5.41) is 8.73. The molecule has 0 amide bonds. The fourth-order valence-electron chi connectivity index (χ4n) is 3.03. The number of hydrogen-bond acceptors (Lipinski definition) is 5. The summed E-state index contributed by atoms with van der Waals surface area (Å²) >= 11 is 0. The van der Waals surface area contributed by atoms with Crippen LogP contribution in [0, 0.1) is 0 Å². The van der Waals surface area contributed by atoms with Gasteiger partial charge in [0.05, 0.1) is 5.39 Å². The molecule has 0 bridgehead atoms. The van der Waals surface area contributed by atoms with Crippen LogP contribution >= 0.6 is 0 Å². The molecule has 2 aromatic rings. The number of aliphatic imine (C=N–C) groups is 1. The number of guanidine groups is 1. The molecular weight excluding hydrogens is 228 g/mol. The minimum atomic E-state index is -0.286. The van der Waals surface area contributed by atoms with E-state index >= 15 is 0 Å². The van der Waals surface area contributed by atoms with E-state index in [0.717, 1.165) is 29.7 Å². The number of anilines is 1. The minimum Gasteiger partial charge on any atom is -0.370 e. The van der Waals surface area contributed by atoms with Gasteiger partial charge in [0.2, 0.25) is 0 Å². The molecule has 92 valence electrons. The zero-order valence-electron chi connectivity index (χ0n) is 9.93. The Morgan fingerprint density at radius 1 is 1.33 bits per heavy atom. The molecule has 18 heavy (non-hydrogen) atoms. The Bertz CT molecular complexity index is 650. The van der Waals surface area contributed by atoms with Crippen LogP contribution in [0.1, 0.15) is 25.7 Å². The van der Waals surface area contributed by atoms with Gasteiger partial charge in [-0.05, 0) is 37.8 Å². The van der Waals surface area contributed by atoms with Gasteiger partial charge in [0.1, 0.15) is 5.82 Å². The number of nitrogens with zero attached hydrogens (tertiary/aromatic N) is 4. The molecule has 3 N–H and O–H groups in total. The number of fused-ring (bicyclic) bond motifs is 4. The number of pyridine rings is 1. The van der Waals surface area contributed by atoms with E-state index in [2.05, 4.69) is 20.4 Å². The van der Waals surface area contributed by atoms with Crippen LogP contribution < -0.4 is 11.1 Å². The largest absolute Gasteiger partial charge is 0.370 e. The van der Waals surface area contributed by atoms with Crippen molar-refractivity contribution < 1.29 is 0 Å². The van der Waals surface area contributed by atoms with E-state index < -0.39 is 0 Å². The lowest BCUT2D eigenvalue weighted by molar-refractivity contribution is 0.279. The van der Waals surface area contributed by atoms with Gasteiger partial charge >= 0.3 is 0 Å². The molecule has 4 rings (SSSR count). The Balaban J connectivity index is 2.02. The minimum absolute atomic E-state index is 0.286. The summed E-state index contributed by atoms with van der Waals surface area (Å²) in [5.74, 6) is 1.41. The first-order chi connectivity index (χ1) is 8.78. The molecule has 3 heterocycles. The Labute approximate surface area is 104 Å². The lowest BCUT2D eigenvalue weighted by Crippen LogP contribution is -2.40. The third-order valence-electron chi connectivity index (χ3n) is 3.82. The van der Waals surface area contributed by atoms with Crippen LogP contribution in [0.2, 0.25) is 0 Å². The van der Waals surface area contributed by atoms with Gasteiger partial charge in [-0.15, -0.1) is 5.10 Å². The Kier molecular flexibility index (Phi) is 1.76. The van der Waals surface area contributed by atoms with Crippen LogP contribution in [-0.2, 0) is 5.66 Å². The van der Waals surface area contributed by atoms with Crippen molar-refractivity contribution in [3.8, 4) is 0 Å². The molecule has 6 heteroatoms. The van der Waals surface area contributed by atoms with Gasteiger partial charge in [-0.1, -0.05) is 0 Å². The maximum Gasteiger partial charge on any atom is 0.196 e. The summed E-state index contributed by atoms with van der Waals surface area (Å²) in [6.07, 6.45) is 6.08. The molecule has 2 aromatic heterocycles. The second kappa shape index (κ2) is 3.22. The summed E-state index contributed by atoms with van der Waals surface area (Å²) in [7, 11) is 0. The summed E-state index contributed by atoms with van der Waals surface area (Å²) in [5.41, 5.74) is 6.39. The normalized spacial score (nSPS) is 20.8. The zero-order chi connectivity index (χ0) is 12.2. The first kappa shape index (κ1) is 9.87. The van der Waals surface area contributed by atoms with Gasteiger partial charge in [0.25, 0.3) is 0 Å². The summed E-state index contributed by atoms with van der Waals surface area (Å²) < 4.78 is 1.98. The molecule has 0 saturated heterocycles. The van der Waals surface area contributed by atoms with Gasteiger partial charge in [-0.2, -0.15) is 0 Å². The predicted molar refractivity (Wildman–Crippen MR) is 69.2 cm³/mol. The topological polar surface area (TPSA) is 81.1 Å². The molecule has 6 nitrogen and oxygen atoms in total. The van der Waals surface area contributed by atoms with E-state index in [0.29, 0.717) is 5.96 Å². The number of aromatic nitrogens is 3. The standard InChI is InChI=1S/C12H14N6/c13-11-15-10-8-4-3-7-14-9(8)17-18(10)12(16-11)5-1-2-6-12/h3-4,7H,1-2,5-6H2,(H3,13,15,16). The highest BCUT2D eigenvalue weighted by molar-refractivity contribution is 6.01. The maximum absolute atomic E-state index is 5.93. The second-order valence-corrected chi connectivity index (χ2v) is 4.95. The highest BCUT2D eigenvalue weighted by atomic mass is 15.5. The fourth-order valence-corrected chi connectivity index (χ4v) is 3.03. The van der Waals surface area contributed by atoms with Gasteiger partial charge in [0, 0.05) is 6.20 Å². The van der Waals surface area contributed by atoms with E-state index in [9.17, 15) is 0 Å². The molecule has 1 aliphatic heterocycles. The summed E-state index contributed by atoms with van der Waals surface area (Å²) in [6.45, 7) is 0. The lowest BCUT2D eigenvalue weighted by Gasteiger charge is -2.31. The third-order valence-corrected chi connectivity index (χ3v) is 3.82. The predicted octanol–water partition coefficient (Wildman–Crippen LogP) is 1.40. The fraction of sp³-hybridized carbons (Fsp3) is 0.417. The molecule has 1 saturated carbocycles. The zero-order valence-corrected chi connectivity index (χ0v) is 9.93. The van der Waals surface area contributed by atoms with E-state index in [1.807, 2.05) is 16.8 Å². The Hall–Kier alpha value is -2.11. The number of hydrogen-bond donors (Lipinski definition) is 2. The molecule has 1 aliphatic carbocycles. The van der Waals surface area contributed by atoms with Gasteiger partial charge in [-0.3, -0.25) is 0 Å². The van der Waals surface area contributed by atoms with E-state index in [4.69, 9.17) is 5.73 Å². The van der Waals surface area contributed by atoms with Crippen LogP contribution in [0.4, 0.5) is 5.82 Å². The van der Waals surface area contributed by atoms with Crippen LogP contribution in [0.5, 0.6) is 0 Å². The Morgan fingerprint density at radius 3 is 3.00 bits per heavy atom. The van der Waals surface area contributed by atoms with Crippen molar-refractivity contribution in [3.05, 3.63) is 18.3 Å². The van der Waals surface area contributed by atoms with Crippen molar-refractivity contribution >= 4 is 22.8 Å². The highest BCUT2D eigenvalue weighted by Gasteiger charge is 2.41. The SMILES string of the molecule is NC1=NC2(CCCC2)n2nc3ncccc3c2N1. The molecule has 0 radical (unpaired) electrons. The van der Waals surface area contributed by atoms with E-state index in [1.54, 1.807) is 6.20 Å². The molecule has 2 aliphatic rings. The van der Waals surface area contributed by atoms with Crippen LogP contribution in [0.15, 0.2) is 23.3 Å². The molecule has 0 unspecified atom stereocenters. The Morgan fingerprint density at radius 2 is 2.17 bits per heavy atom. The lowest BCUT2D eigenvalue weighted by atomic mass is 10.1. The van der Waals surface area contributed by atoms with Crippen LogP contribution in [-0.4, -0.2) is 20.7 Å². The molecule has 1 spiro atoms. The summed E-state index contributed by atoms with van der Waals surface area (Å²) in [6, 6.07) is 3.92. The summed E-state index contributed by atoms with van der Waals surface area (Å²) in [4.78, 5) is 8.91. The number of nitrogens with one attached hydrogen (secondary N) is 1. The monoisotopic (exact) mass is 242 g/mol. The smallest absolute Gasteiger partial charge is 0.196 e.